The van der Waals surface area contributed by atoms with E-state index in [9.17, 15) is 4.79 Å². The highest BCUT2D eigenvalue weighted by Crippen LogP contribution is 2.18. The van der Waals surface area contributed by atoms with Gasteiger partial charge in [0.15, 0.2) is 5.96 Å². The van der Waals surface area contributed by atoms with Crippen molar-refractivity contribution < 1.29 is 4.79 Å². The van der Waals surface area contributed by atoms with Crippen LogP contribution in [0, 0.1) is 0 Å². The van der Waals surface area contributed by atoms with E-state index >= 15 is 0 Å². The van der Waals surface area contributed by atoms with Crippen LogP contribution in [0.1, 0.15) is 35.7 Å². The number of carbonyl (C=O) groups excluding carboxylic acids is 1. The summed E-state index contributed by atoms with van der Waals surface area (Å²) in [6.45, 7) is 4.93. The molecular weight excluding hydrogens is 302 g/mol. The summed E-state index contributed by atoms with van der Waals surface area (Å²) in [6, 6.07) is 8.23. The molecule has 1 saturated carbocycles. The predicted octanol–water partition coefficient (Wildman–Crippen LogP) is 1.20. The normalized spacial score (nSPS) is 14.6. The van der Waals surface area contributed by atoms with E-state index in [1.165, 1.54) is 12.8 Å². The molecule has 0 radical (unpaired) electrons. The van der Waals surface area contributed by atoms with Crippen LogP contribution in [0.5, 0.6) is 0 Å². The van der Waals surface area contributed by atoms with E-state index in [0.717, 1.165) is 24.6 Å². The summed E-state index contributed by atoms with van der Waals surface area (Å²) in [5, 5.41) is 9.58. The van der Waals surface area contributed by atoms with E-state index in [1.54, 1.807) is 0 Å². The van der Waals surface area contributed by atoms with E-state index < -0.39 is 0 Å². The summed E-state index contributed by atoms with van der Waals surface area (Å²) in [6.07, 6.45) is 2.43. The number of aliphatic imine (C=N–C) groups is 1. The van der Waals surface area contributed by atoms with Crippen LogP contribution >= 0.6 is 0 Å². The molecule has 0 heterocycles. The number of hydrogen-bond acceptors (Lipinski definition) is 3. The molecule has 1 aromatic rings. The number of nitrogens with one attached hydrogen (secondary N) is 3. The number of rotatable bonds is 8. The lowest BCUT2D eigenvalue weighted by molar-refractivity contribution is 0.0951. The van der Waals surface area contributed by atoms with Gasteiger partial charge in [-0.3, -0.25) is 4.79 Å². The molecule has 132 valence electrons. The maximum Gasteiger partial charge on any atom is 0.251 e. The summed E-state index contributed by atoms with van der Waals surface area (Å²) < 4.78 is 0. The van der Waals surface area contributed by atoms with Gasteiger partial charge in [-0.1, -0.05) is 12.1 Å². The number of amides is 1. The second-order valence-corrected chi connectivity index (χ2v) is 6.37. The third kappa shape index (κ3) is 6.58. The molecule has 6 nitrogen and oxygen atoms in total. The molecule has 1 aliphatic rings. The lowest BCUT2D eigenvalue weighted by Crippen LogP contribution is -2.38. The lowest BCUT2D eigenvalue weighted by Gasteiger charge is -2.11. The molecule has 1 aromatic carbocycles. The third-order valence-corrected chi connectivity index (χ3v) is 3.72. The Morgan fingerprint density at radius 1 is 1.29 bits per heavy atom. The average molecular weight is 331 g/mol. The zero-order chi connectivity index (χ0) is 17.4. The first kappa shape index (κ1) is 18.3. The van der Waals surface area contributed by atoms with Crippen molar-refractivity contribution in [2.75, 3.05) is 33.7 Å². The highest BCUT2D eigenvalue weighted by molar-refractivity contribution is 5.94. The molecule has 1 amide bonds. The Labute approximate surface area is 144 Å². The Kier molecular flexibility index (Phi) is 7.06. The lowest BCUT2D eigenvalue weighted by atomic mass is 10.1. The smallest absolute Gasteiger partial charge is 0.251 e. The molecular formula is C18H29N5O. The monoisotopic (exact) mass is 331 g/mol. The van der Waals surface area contributed by atoms with Crippen molar-refractivity contribution in [2.24, 2.45) is 4.99 Å². The van der Waals surface area contributed by atoms with Gasteiger partial charge in [0.25, 0.3) is 5.91 Å². The first-order valence-electron chi connectivity index (χ1n) is 8.65. The Balaban J connectivity index is 1.91. The van der Waals surface area contributed by atoms with Gasteiger partial charge >= 0.3 is 0 Å². The highest BCUT2D eigenvalue weighted by Gasteiger charge is 2.22. The van der Waals surface area contributed by atoms with Gasteiger partial charge in [-0.2, -0.15) is 0 Å². The molecule has 0 saturated heterocycles. The van der Waals surface area contributed by atoms with Crippen LogP contribution in [0.3, 0.4) is 0 Å². The molecule has 0 aliphatic heterocycles. The van der Waals surface area contributed by atoms with Crippen LogP contribution in [-0.2, 0) is 6.54 Å². The predicted molar refractivity (Wildman–Crippen MR) is 98.3 cm³/mol. The SMILES string of the molecule is CCNC(=NCc1cccc(C(=O)NCCN(C)C)c1)NC1CC1. The maximum atomic E-state index is 12.2. The van der Waals surface area contributed by atoms with E-state index in [4.69, 9.17) is 0 Å². The second kappa shape index (κ2) is 9.27. The summed E-state index contributed by atoms with van der Waals surface area (Å²) in [4.78, 5) is 18.8. The van der Waals surface area contributed by atoms with Gasteiger partial charge in [0.1, 0.15) is 0 Å². The zero-order valence-electron chi connectivity index (χ0n) is 14.9. The number of likely N-dealkylation sites (N-methyl/N-ethyl adjacent to an activating group) is 1. The van der Waals surface area contributed by atoms with Gasteiger partial charge in [-0.25, -0.2) is 4.99 Å². The fraction of sp³-hybridized carbons (Fsp3) is 0.556. The van der Waals surface area contributed by atoms with E-state index in [0.29, 0.717) is 24.7 Å². The van der Waals surface area contributed by atoms with Gasteiger partial charge in [0.05, 0.1) is 6.54 Å². The number of guanidine groups is 1. The molecule has 0 unspecified atom stereocenters. The van der Waals surface area contributed by atoms with E-state index in [2.05, 4.69) is 27.9 Å². The van der Waals surface area contributed by atoms with Crippen LogP contribution < -0.4 is 16.0 Å². The molecule has 0 atom stereocenters. The molecule has 0 spiro atoms. The van der Waals surface area contributed by atoms with Gasteiger partial charge < -0.3 is 20.9 Å². The van der Waals surface area contributed by atoms with Gasteiger partial charge in [0, 0.05) is 31.2 Å². The summed E-state index contributed by atoms with van der Waals surface area (Å²) in [7, 11) is 3.98. The molecule has 2 rings (SSSR count). The number of hydrogen-bond donors (Lipinski definition) is 3. The topological polar surface area (TPSA) is 68.8 Å². The molecule has 0 bridgehead atoms. The zero-order valence-corrected chi connectivity index (χ0v) is 14.9. The first-order chi connectivity index (χ1) is 11.6. The molecule has 0 aromatic heterocycles. The third-order valence-electron chi connectivity index (χ3n) is 3.72. The largest absolute Gasteiger partial charge is 0.357 e. The minimum absolute atomic E-state index is 0.0364. The van der Waals surface area contributed by atoms with Crippen LogP contribution in [0.25, 0.3) is 0 Å². The molecule has 6 heteroatoms. The van der Waals surface area contributed by atoms with Crippen LogP contribution in [-0.4, -0.2) is 56.5 Å². The molecule has 24 heavy (non-hydrogen) atoms. The molecule has 3 N–H and O–H groups in total. The Morgan fingerprint density at radius 2 is 2.08 bits per heavy atom. The van der Waals surface area contributed by atoms with Crippen molar-refractivity contribution in [1.82, 2.24) is 20.9 Å². The highest BCUT2D eigenvalue weighted by atomic mass is 16.1. The van der Waals surface area contributed by atoms with Crippen molar-refractivity contribution >= 4 is 11.9 Å². The Bertz CT molecular complexity index is 566. The molecule has 1 fully saturated rings. The van der Waals surface area contributed by atoms with Crippen molar-refractivity contribution in [3.63, 3.8) is 0 Å². The van der Waals surface area contributed by atoms with Crippen molar-refractivity contribution in [2.45, 2.75) is 32.4 Å². The van der Waals surface area contributed by atoms with Crippen molar-refractivity contribution in [3.8, 4) is 0 Å². The number of nitrogens with zero attached hydrogens (tertiary/aromatic N) is 2. The van der Waals surface area contributed by atoms with Gasteiger partial charge in [-0.15, -0.1) is 0 Å². The van der Waals surface area contributed by atoms with Crippen LogP contribution in [0.2, 0.25) is 0 Å². The average Bonchev–Trinajstić information content (AvgIpc) is 3.37. The Morgan fingerprint density at radius 3 is 2.75 bits per heavy atom. The van der Waals surface area contributed by atoms with E-state index in [1.807, 2.05) is 43.3 Å². The van der Waals surface area contributed by atoms with Gasteiger partial charge in [-0.05, 0) is 51.6 Å². The standard InChI is InChI=1S/C18H29N5O/c1-4-19-18(22-16-8-9-16)21-13-14-6-5-7-15(12-14)17(24)20-10-11-23(2)3/h5-7,12,16H,4,8-11,13H2,1-3H3,(H,20,24)(H2,19,21,22). The maximum absolute atomic E-state index is 12.2. The first-order valence-corrected chi connectivity index (χ1v) is 8.65. The summed E-state index contributed by atoms with van der Waals surface area (Å²) >= 11 is 0. The molecule has 1 aliphatic carbocycles. The van der Waals surface area contributed by atoms with Crippen molar-refractivity contribution in [1.29, 1.82) is 0 Å². The van der Waals surface area contributed by atoms with Crippen LogP contribution in [0.15, 0.2) is 29.3 Å². The van der Waals surface area contributed by atoms with Gasteiger partial charge in [0.2, 0.25) is 0 Å². The fourth-order valence-corrected chi connectivity index (χ4v) is 2.22. The van der Waals surface area contributed by atoms with Crippen molar-refractivity contribution in [3.05, 3.63) is 35.4 Å². The Hall–Kier alpha value is -2.08. The minimum Gasteiger partial charge on any atom is -0.357 e. The summed E-state index contributed by atoms with van der Waals surface area (Å²) in [5.41, 5.74) is 1.71. The van der Waals surface area contributed by atoms with E-state index in [-0.39, 0.29) is 5.91 Å². The second-order valence-electron chi connectivity index (χ2n) is 6.37. The number of carbonyl (C=O) groups is 1. The number of benzene rings is 1. The van der Waals surface area contributed by atoms with Crippen LogP contribution in [0.4, 0.5) is 0 Å². The quantitative estimate of drug-likeness (QED) is 0.494. The minimum atomic E-state index is -0.0364. The summed E-state index contributed by atoms with van der Waals surface area (Å²) in [5.74, 6) is 0.812. The fourth-order valence-electron chi connectivity index (χ4n) is 2.22.